The van der Waals surface area contributed by atoms with Gasteiger partial charge in [0, 0.05) is 11.5 Å². The molecule has 1 aromatic carbocycles. The fourth-order valence-corrected chi connectivity index (χ4v) is 1.72. The molecule has 0 radical (unpaired) electrons. The van der Waals surface area contributed by atoms with E-state index in [4.69, 9.17) is 9.47 Å². The number of rotatable bonds is 5. The van der Waals surface area contributed by atoms with E-state index in [1.807, 2.05) is 32.0 Å². The zero-order valence-corrected chi connectivity index (χ0v) is 13.1. The zero-order chi connectivity index (χ0) is 14.5. The second kappa shape index (κ2) is 6.51. The minimum atomic E-state index is 0.189. The number of aromatic nitrogens is 3. The van der Waals surface area contributed by atoms with E-state index in [9.17, 15) is 0 Å². The molecule has 1 aromatic heterocycles. The van der Waals surface area contributed by atoms with Crippen LogP contribution in [0.15, 0.2) is 22.7 Å². The highest BCUT2D eigenvalue weighted by molar-refractivity contribution is 9.10. The monoisotopic (exact) mass is 338 g/mol. The lowest BCUT2D eigenvalue weighted by atomic mass is 10.2. The third kappa shape index (κ3) is 3.57. The van der Waals surface area contributed by atoms with Gasteiger partial charge in [-0.3, -0.25) is 0 Å². The molecular weight excluding hydrogens is 324 g/mol. The van der Waals surface area contributed by atoms with Crippen LogP contribution in [0.4, 0.5) is 5.95 Å². The highest BCUT2D eigenvalue weighted by Crippen LogP contribution is 2.25. The molecule has 0 amide bonds. The maximum atomic E-state index is 5.64. The van der Waals surface area contributed by atoms with Crippen LogP contribution in [0.1, 0.15) is 12.5 Å². The van der Waals surface area contributed by atoms with Crippen LogP contribution in [0.5, 0.6) is 17.8 Å². The Morgan fingerprint density at radius 3 is 2.60 bits per heavy atom. The summed E-state index contributed by atoms with van der Waals surface area (Å²) in [6.45, 7) is 4.32. The lowest BCUT2D eigenvalue weighted by Gasteiger charge is -2.08. The van der Waals surface area contributed by atoms with Gasteiger partial charge in [-0.1, -0.05) is 15.9 Å². The van der Waals surface area contributed by atoms with Gasteiger partial charge in [0.1, 0.15) is 5.75 Å². The summed E-state index contributed by atoms with van der Waals surface area (Å²) in [6.07, 6.45) is 0. The molecule has 1 heterocycles. The maximum absolute atomic E-state index is 5.64. The van der Waals surface area contributed by atoms with Crippen molar-refractivity contribution in [1.29, 1.82) is 0 Å². The van der Waals surface area contributed by atoms with Crippen molar-refractivity contribution < 1.29 is 9.47 Å². The molecule has 2 rings (SSSR count). The number of ether oxygens (including phenoxy) is 2. The normalized spacial score (nSPS) is 10.2. The van der Waals surface area contributed by atoms with E-state index in [1.54, 1.807) is 7.05 Å². The van der Waals surface area contributed by atoms with Crippen molar-refractivity contribution in [3.63, 3.8) is 0 Å². The van der Waals surface area contributed by atoms with Gasteiger partial charge >= 0.3 is 12.0 Å². The van der Waals surface area contributed by atoms with Crippen molar-refractivity contribution in [2.24, 2.45) is 0 Å². The summed E-state index contributed by atoms with van der Waals surface area (Å²) in [5, 5.41) is 2.84. The van der Waals surface area contributed by atoms with Crippen molar-refractivity contribution in [1.82, 2.24) is 15.0 Å². The molecule has 106 valence electrons. The Bertz CT molecular complexity index is 607. The molecule has 1 N–H and O–H groups in total. The number of halogens is 1. The number of nitrogens with one attached hydrogen (secondary N) is 1. The third-order valence-corrected chi connectivity index (χ3v) is 3.32. The lowest BCUT2D eigenvalue weighted by molar-refractivity contribution is 0.304. The van der Waals surface area contributed by atoms with Crippen LogP contribution in [0.2, 0.25) is 0 Å². The summed E-state index contributed by atoms with van der Waals surface area (Å²) in [6, 6.07) is 6.06. The van der Waals surface area contributed by atoms with Crippen molar-refractivity contribution in [2.75, 3.05) is 19.0 Å². The van der Waals surface area contributed by atoms with Crippen LogP contribution in [0.25, 0.3) is 0 Å². The van der Waals surface area contributed by atoms with E-state index in [0.29, 0.717) is 18.3 Å². The predicted octanol–water partition coefficient (Wildman–Crippen LogP) is 3.18. The van der Waals surface area contributed by atoms with Crippen molar-refractivity contribution in [3.05, 3.63) is 28.2 Å². The Morgan fingerprint density at radius 1 is 1.20 bits per heavy atom. The molecule has 0 aliphatic carbocycles. The summed E-state index contributed by atoms with van der Waals surface area (Å²) in [5.41, 5.74) is 1.07. The average Bonchev–Trinajstić information content (AvgIpc) is 2.43. The first kappa shape index (κ1) is 14.5. The van der Waals surface area contributed by atoms with Crippen molar-refractivity contribution in [2.45, 2.75) is 13.8 Å². The second-order valence-electron chi connectivity index (χ2n) is 3.92. The van der Waals surface area contributed by atoms with Crippen LogP contribution >= 0.6 is 15.9 Å². The van der Waals surface area contributed by atoms with Gasteiger partial charge in [0.05, 0.1) is 6.61 Å². The molecule has 6 nitrogen and oxygen atoms in total. The Labute approximate surface area is 125 Å². The third-order valence-electron chi connectivity index (χ3n) is 2.43. The molecule has 0 fully saturated rings. The average molecular weight is 339 g/mol. The second-order valence-corrected chi connectivity index (χ2v) is 4.77. The van der Waals surface area contributed by atoms with Crippen LogP contribution < -0.4 is 14.8 Å². The van der Waals surface area contributed by atoms with Gasteiger partial charge in [-0.15, -0.1) is 4.98 Å². The molecule has 0 atom stereocenters. The summed E-state index contributed by atoms with van der Waals surface area (Å²) < 4.78 is 11.9. The predicted molar refractivity (Wildman–Crippen MR) is 79.5 cm³/mol. The van der Waals surface area contributed by atoms with Crippen LogP contribution in [0.3, 0.4) is 0 Å². The van der Waals surface area contributed by atoms with E-state index in [2.05, 4.69) is 36.2 Å². The first-order valence-corrected chi connectivity index (χ1v) is 6.92. The summed E-state index contributed by atoms with van der Waals surface area (Å²) in [4.78, 5) is 12.3. The Balaban J connectivity index is 2.27. The van der Waals surface area contributed by atoms with E-state index < -0.39 is 0 Å². The minimum Gasteiger partial charge on any atom is -0.464 e. The zero-order valence-electron chi connectivity index (χ0n) is 11.5. The molecule has 0 saturated carbocycles. The van der Waals surface area contributed by atoms with Crippen LogP contribution in [-0.4, -0.2) is 28.6 Å². The number of hydrogen-bond acceptors (Lipinski definition) is 6. The number of aryl methyl sites for hydroxylation is 1. The number of anilines is 1. The van der Waals surface area contributed by atoms with Gasteiger partial charge in [0.15, 0.2) is 0 Å². The summed E-state index contributed by atoms with van der Waals surface area (Å²) in [7, 11) is 1.72. The highest BCUT2D eigenvalue weighted by Gasteiger charge is 2.09. The van der Waals surface area contributed by atoms with Crippen molar-refractivity contribution >= 4 is 21.9 Å². The Morgan fingerprint density at radius 2 is 1.95 bits per heavy atom. The highest BCUT2D eigenvalue weighted by atomic mass is 79.9. The molecule has 0 saturated heterocycles. The van der Waals surface area contributed by atoms with E-state index in [-0.39, 0.29) is 12.0 Å². The van der Waals surface area contributed by atoms with Gasteiger partial charge < -0.3 is 14.8 Å². The molecule has 0 spiro atoms. The number of nitrogens with zero attached hydrogens (tertiary/aromatic N) is 3. The van der Waals surface area contributed by atoms with Gasteiger partial charge in [-0.05, 0) is 37.6 Å². The molecule has 7 heteroatoms. The van der Waals surface area contributed by atoms with Gasteiger partial charge in [-0.2, -0.15) is 9.97 Å². The fraction of sp³-hybridized carbons (Fsp3) is 0.308. The number of hydrogen-bond donors (Lipinski definition) is 1. The molecule has 20 heavy (non-hydrogen) atoms. The van der Waals surface area contributed by atoms with Gasteiger partial charge in [0.25, 0.3) is 0 Å². The SMILES string of the molecule is CCOc1nc(NC)nc(Oc2ccc(Br)c(C)c2)n1. The van der Waals surface area contributed by atoms with Crippen molar-refractivity contribution in [3.8, 4) is 17.8 Å². The molecular formula is C13H15BrN4O2. The van der Waals surface area contributed by atoms with Gasteiger partial charge in [0.2, 0.25) is 5.95 Å². The Hall–Kier alpha value is -1.89. The van der Waals surface area contributed by atoms with E-state index >= 15 is 0 Å². The molecule has 0 bridgehead atoms. The van der Waals surface area contributed by atoms with Crippen LogP contribution in [0, 0.1) is 6.92 Å². The van der Waals surface area contributed by atoms with E-state index in [0.717, 1.165) is 10.0 Å². The maximum Gasteiger partial charge on any atom is 0.330 e. The molecule has 0 aliphatic heterocycles. The smallest absolute Gasteiger partial charge is 0.330 e. The Kier molecular flexibility index (Phi) is 4.73. The van der Waals surface area contributed by atoms with Gasteiger partial charge in [-0.25, -0.2) is 0 Å². The minimum absolute atomic E-state index is 0.189. The van der Waals surface area contributed by atoms with E-state index in [1.165, 1.54) is 0 Å². The standard InChI is InChI=1S/C13H15BrN4O2/c1-4-19-12-16-11(15-3)17-13(18-12)20-9-5-6-10(14)8(2)7-9/h5-7H,4H2,1-3H3,(H,15,16,17,18). The first-order chi connectivity index (χ1) is 9.62. The quantitative estimate of drug-likeness (QED) is 0.902. The fourth-order valence-electron chi connectivity index (χ4n) is 1.48. The van der Waals surface area contributed by atoms with Crippen LogP contribution in [-0.2, 0) is 0 Å². The largest absolute Gasteiger partial charge is 0.464 e. The topological polar surface area (TPSA) is 69.2 Å². The first-order valence-electron chi connectivity index (χ1n) is 6.13. The lowest BCUT2D eigenvalue weighted by Crippen LogP contribution is -2.05. The summed E-state index contributed by atoms with van der Waals surface area (Å²) in [5.74, 6) is 1.05. The molecule has 0 unspecified atom stereocenters. The molecule has 2 aromatic rings. The summed E-state index contributed by atoms with van der Waals surface area (Å²) >= 11 is 3.44. The molecule has 0 aliphatic rings. The number of benzene rings is 1.